The number of carbonyl (C=O) groups excluding carboxylic acids is 2. The van der Waals surface area contributed by atoms with E-state index < -0.39 is 0 Å². The van der Waals surface area contributed by atoms with E-state index in [0.29, 0.717) is 40.1 Å². The van der Waals surface area contributed by atoms with E-state index >= 15 is 0 Å². The summed E-state index contributed by atoms with van der Waals surface area (Å²) >= 11 is 7.68. The van der Waals surface area contributed by atoms with Gasteiger partial charge in [-0.05, 0) is 30.7 Å². The van der Waals surface area contributed by atoms with Gasteiger partial charge in [-0.3, -0.25) is 14.6 Å². The Morgan fingerprint density at radius 3 is 2.83 bits per heavy atom. The van der Waals surface area contributed by atoms with Crippen molar-refractivity contribution in [3.8, 4) is 16.2 Å². The second-order valence-electron chi connectivity index (χ2n) is 6.93. The number of halogens is 1. The Morgan fingerprint density at radius 1 is 1.28 bits per heavy atom. The van der Waals surface area contributed by atoms with Gasteiger partial charge in [0.2, 0.25) is 0 Å². The normalized spacial score (nSPS) is 12.4. The van der Waals surface area contributed by atoms with E-state index in [9.17, 15) is 9.59 Å². The highest BCUT2D eigenvalue weighted by atomic mass is 35.5. The van der Waals surface area contributed by atoms with Crippen molar-refractivity contribution in [2.45, 2.75) is 19.8 Å². The highest BCUT2D eigenvalue weighted by Crippen LogP contribution is 2.41. The molecule has 0 radical (unpaired) electrons. The molecule has 1 amide bonds. The van der Waals surface area contributed by atoms with E-state index in [-0.39, 0.29) is 18.1 Å². The van der Waals surface area contributed by atoms with Gasteiger partial charge in [0.1, 0.15) is 11.5 Å². The summed E-state index contributed by atoms with van der Waals surface area (Å²) in [4.78, 5) is 32.1. The van der Waals surface area contributed by atoms with Crippen LogP contribution < -0.4 is 9.64 Å². The molecule has 1 aromatic carbocycles. The lowest BCUT2D eigenvalue weighted by molar-refractivity contribution is -0.116. The first kappa shape index (κ1) is 19.6. The van der Waals surface area contributed by atoms with Crippen LogP contribution in [0.4, 0.5) is 5.69 Å². The van der Waals surface area contributed by atoms with Crippen LogP contribution in [-0.4, -0.2) is 30.3 Å². The molecule has 0 fully saturated rings. The molecule has 0 aliphatic carbocycles. The number of hydrogen-bond donors (Lipinski definition) is 0. The molecule has 4 rings (SSSR count). The lowest BCUT2D eigenvalue weighted by Crippen LogP contribution is -2.25. The number of Topliss-reactive ketones (excluding diaryl/α,β-unsaturated/α-hetero) is 1. The van der Waals surface area contributed by atoms with Gasteiger partial charge in [0.15, 0.2) is 0 Å². The van der Waals surface area contributed by atoms with Crippen molar-refractivity contribution in [3.63, 3.8) is 0 Å². The SMILES string of the molecule is CC(=O)Cc1cc2c(cn1)-c1sc(C(=O)N(C)c3ccccc3Cl)cc1CCO2. The molecule has 1 aliphatic heterocycles. The van der Waals surface area contributed by atoms with Crippen LogP contribution in [0.1, 0.15) is 27.9 Å². The van der Waals surface area contributed by atoms with Gasteiger partial charge in [-0.2, -0.15) is 0 Å². The molecule has 29 heavy (non-hydrogen) atoms. The number of para-hydroxylation sites is 1. The minimum atomic E-state index is -0.111. The van der Waals surface area contributed by atoms with Gasteiger partial charge >= 0.3 is 0 Å². The smallest absolute Gasteiger partial charge is 0.268 e. The van der Waals surface area contributed by atoms with Gasteiger partial charge in [0, 0.05) is 37.0 Å². The maximum atomic E-state index is 13.1. The number of benzene rings is 1. The van der Waals surface area contributed by atoms with Gasteiger partial charge in [0.25, 0.3) is 5.91 Å². The number of rotatable bonds is 4. The predicted molar refractivity (Wildman–Crippen MR) is 115 cm³/mol. The van der Waals surface area contributed by atoms with Crippen molar-refractivity contribution in [2.24, 2.45) is 0 Å². The molecule has 0 saturated carbocycles. The average Bonchev–Trinajstić information content (AvgIpc) is 3.03. The van der Waals surface area contributed by atoms with Gasteiger partial charge in [-0.25, -0.2) is 0 Å². The molecule has 0 atom stereocenters. The van der Waals surface area contributed by atoms with Gasteiger partial charge in [-0.15, -0.1) is 11.3 Å². The first-order valence-corrected chi connectivity index (χ1v) is 10.4. The van der Waals surface area contributed by atoms with E-state index in [4.69, 9.17) is 16.3 Å². The van der Waals surface area contributed by atoms with Crippen molar-refractivity contribution in [1.82, 2.24) is 4.98 Å². The fraction of sp³-hybridized carbons (Fsp3) is 0.227. The Kier molecular flexibility index (Phi) is 5.39. The number of anilines is 1. The molecular weight excluding hydrogens is 408 g/mol. The largest absolute Gasteiger partial charge is 0.492 e. The summed E-state index contributed by atoms with van der Waals surface area (Å²) in [5.74, 6) is 0.647. The first-order valence-electron chi connectivity index (χ1n) is 9.21. The summed E-state index contributed by atoms with van der Waals surface area (Å²) in [5.41, 5.74) is 3.27. The van der Waals surface area contributed by atoms with Crippen LogP contribution in [-0.2, 0) is 17.6 Å². The zero-order valence-corrected chi connectivity index (χ0v) is 17.6. The molecule has 0 unspecified atom stereocenters. The molecule has 7 heteroatoms. The van der Waals surface area contributed by atoms with E-state index in [2.05, 4.69) is 4.98 Å². The van der Waals surface area contributed by atoms with Crippen LogP contribution in [0.25, 0.3) is 10.4 Å². The summed E-state index contributed by atoms with van der Waals surface area (Å²) in [5, 5.41) is 0.530. The maximum Gasteiger partial charge on any atom is 0.268 e. The Morgan fingerprint density at radius 2 is 2.07 bits per heavy atom. The van der Waals surface area contributed by atoms with Crippen LogP contribution in [0.2, 0.25) is 5.02 Å². The number of thiophene rings is 1. The molecule has 148 valence electrons. The summed E-state index contributed by atoms with van der Waals surface area (Å²) < 4.78 is 5.89. The van der Waals surface area contributed by atoms with Crippen molar-refractivity contribution < 1.29 is 14.3 Å². The monoisotopic (exact) mass is 426 g/mol. The maximum absolute atomic E-state index is 13.1. The fourth-order valence-corrected chi connectivity index (χ4v) is 4.80. The second kappa shape index (κ2) is 7.97. The lowest BCUT2D eigenvalue weighted by Gasteiger charge is -2.17. The molecule has 3 heterocycles. The molecule has 5 nitrogen and oxygen atoms in total. The number of ether oxygens (including phenoxy) is 1. The number of nitrogens with zero attached hydrogens (tertiary/aromatic N) is 2. The molecule has 2 aromatic heterocycles. The lowest BCUT2D eigenvalue weighted by atomic mass is 10.1. The highest BCUT2D eigenvalue weighted by Gasteiger charge is 2.24. The summed E-state index contributed by atoms with van der Waals surface area (Å²) in [6.45, 7) is 2.05. The number of carbonyl (C=O) groups is 2. The average molecular weight is 427 g/mol. The minimum absolute atomic E-state index is 0.0541. The Balaban J connectivity index is 1.69. The quantitative estimate of drug-likeness (QED) is 0.600. The molecule has 0 spiro atoms. The van der Waals surface area contributed by atoms with Crippen molar-refractivity contribution in [2.75, 3.05) is 18.6 Å². The predicted octanol–water partition coefficient (Wildman–Crippen LogP) is 4.81. The first-order chi connectivity index (χ1) is 13.9. The van der Waals surface area contributed by atoms with Crippen LogP contribution >= 0.6 is 22.9 Å². The van der Waals surface area contributed by atoms with E-state index in [1.54, 1.807) is 31.1 Å². The van der Waals surface area contributed by atoms with E-state index in [1.807, 2.05) is 30.3 Å². The molecule has 0 N–H and O–H groups in total. The molecule has 1 aliphatic rings. The van der Waals surface area contributed by atoms with Crippen LogP contribution in [0.5, 0.6) is 5.75 Å². The Bertz CT molecular complexity index is 1110. The summed E-state index contributed by atoms with van der Waals surface area (Å²) in [6.07, 6.45) is 2.71. The highest BCUT2D eigenvalue weighted by molar-refractivity contribution is 7.17. The fourth-order valence-electron chi connectivity index (χ4n) is 3.34. The third-order valence-electron chi connectivity index (χ3n) is 4.76. The second-order valence-corrected chi connectivity index (χ2v) is 8.39. The number of hydrogen-bond acceptors (Lipinski definition) is 5. The number of ketones is 1. The number of amides is 1. The van der Waals surface area contributed by atoms with Crippen LogP contribution in [0, 0.1) is 0 Å². The molecule has 0 saturated heterocycles. The van der Waals surface area contributed by atoms with Crippen molar-refractivity contribution >= 4 is 40.3 Å². The standard InChI is InChI=1S/C22H19ClN2O3S/c1-13(26)9-15-11-19-16(12-24-15)21-14(7-8-28-19)10-20(29-21)22(27)25(2)18-6-4-3-5-17(18)23/h3-6,10-12H,7-9H2,1-2H3. The van der Waals surface area contributed by atoms with Crippen molar-refractivity contribution in [3.05, 3.63) is 63.8 Å². The van der Waals surface area contributed by atoms with E-state index in [1.165, 1.54) is 11.3 Å². The summed E-state index contributed by atoms with van der Waals surface area (Å²) in [6, 6.07) is 11.0. The topological polar surface area (TPSA) is 59.5 Å². The third-order valence-corrected chi connectivity index (χ3v) is 6.28. The molecule has 3 aromatic rings. The third kappa shape index (κ3) is 3.91. The van der Waals surface area contributed by atoms with Gasteiger partial charge < -0.3 is 9.64 Å². The molecule has 0 bridgehead atoms. The zero-order valence-electron chi connectivity index (χ0n) is 16.1. The summed E-state index contributed by atoms with van der Waals surface area (Å²) in [7, 11) is 1.72. The number of pyridine rings is 1. The van der Waals surface area contributed by atoms with E-state index in [0.717, 1.165) is 16.0 Å². The minimum Gasteiger partial charge on any atom is -0.492 e. The number of fused-ring (bicyclic) bond motifs is 3. The Hall–Kier alpha value is -2.70. The zero-order chi connectivity index (χ0) is 20.5. The van der Waals surface area contributed by atoms with Gasteiger partial charge in [0.05, 0.1) is 33.5 Å². The van der Waals surface area contributed by atoms with Crippen LogP contribution in [0.15, 0.2) is 42.6 Å². The number of aromatic nitrogens is 1. The van der Waals surface area contributed by atoms with Crippen LogP contribution in [0.3, 0.4) is 0 Å². The van der Waals surface area contributed by atoms with Crippen molar-refractivity contribution in [1.29, 1.82) is 0 Å². The van der Waals surface area contributed by atoms with Gasteiger partial charge in [-0.1, -0.05) is 23.7 Å². The Labute approximate surface area is 177 Å². The molecular formula is C22H19ClN2O3S.